The van der Waals surface area contributed by atoms with E-state index in [2.05, 4.69) is 9.88 Å². The molecule has 1 aliphatic rings. The molecule has 0 radical (unpaired) electrons. The van der Waals surface area contributed by atoms with Crippen molar-refractivity contribution < 1.29 is 23.9 Å². The molecular weight excluding hydrogens is 586 g/mol. The van der Waals surface area contributed by atoms with E-state index in [9.17, 15) is 14.4 Å². The van der Waals surface area contributed by atoms with E-state index in [1.165, 1.54) is 0 Å². The average Bonchev–Trinajstić information content (AvgIpc) is 3.42. The molecule has 2 heterocycles. The van der Waals surface area contributed by atoms with Crippen LogP contribution in [0.1, 0.15) is 29.4 Å². The van der Waals surface area contributed by atoms with Crippen LogP contribution in [0.15, 0.2) is 83.8 Å². The number of aromatic nitrogens is 1. The lowest BCUT2D eigenvalue weighted by molar-refractivity contribution is -0.127. The first kappa shape index (κ1) is 30.0. The van der Waals surface area contributed by atoms with Crippen LogP contribution >= 0.6 is 23.4 Å². The first-order chi connectivity index (χ1) is 20.7. The zero-order valence-electron chi connectivity index (χ0n) is 23.9. The molecule has 0 aliphatic carbocycles. The highest BCUT2D eigenvalue weighted by atomic mass is 35.5. The number of nitrogens with one attached hydrogen (secondary N) is 1. The smallest absolute Gasteiger partial charge is 0.294 e. The Kier molecular flexibility index (Phi) is 9.23. The number of ether oxygens (including phenoxy) is 2. The van der Waals surface area contributed by atoms with Crippen molar-refractivity contribution in [2.75, 3.05) is 18.5 Å². The van der Waals surface area contributed by atoms with Gasteiger partial charge < -0.3 is 19.4 Å². The number of nitrogens with zero attached hydrogens (tertiary/aromatic N) is 2. The van der Waals surface area contributed by atoms with Crippen LogP contribution in [0, 0.1) is 13.8 Å². The molecule has 220 valence electrons. The molecule has 1 aromatic heterocycles. The second kappa shape index (κ2) is 13.2. The number of aryl methyl sites for hydroxylation is 1. The normalized spacial score (nSPS) is 14.0. The monoisotopic (exact) mass is 615 g/mol. The Morgan fingerprint density at radius 2 is 1.58 bits per heavy atom. The summed E-state index contributed by atoms with van der Waals surface area (Å²) in [6.45, 7) is 6.42. The van der Waals surface area contributed by atoms with Crippen molar-refractivity contribution in [2.24, 2.45) is 0 Å². The van der Waals surface area contributed by atoms with Crippen LogP contribution in [0.5, 0.6) is 11.5 Å². The van der Waals surface area contributed by atoms with E-state index in [0.717, 1.165) is 50.6 Å². The zero-order chi connectivity index (χ0) is 30.5. The lowest BCUT2D eigenvalue weighted by Gasteiger charge is -2.13. The molecule has 1 aliphatic heterocycles. The molecule has 1 N–H and O–H groups in total. The number of hydrogen-bond donors (Lipinski definition) is 1. The van der Waals surface area contributed by atoms with Crippen LogP contribution < -0.4 is 14.8 Å². The fourth-order valence-electron chi connectivity index (χ4n) is 4.69. The fraction of sp³-hybridized carbons (Fsp3) is 0.182. The van der Waals surface area contributed by atoms with Gasteiger partial charge in [-0.2, -0.15) is 0 Å². The standard InChI is InChI=1S/C33H30ClN3O5S/c1-4-41-28-13-9-26(10-14-28)35-31(38)19-36-32(39)30(43-33(36)40)18-24-17-21(2)37(22(24)3)27-11-15-29(16-12-27)42-20-23-5-7-25(34)8-6-23/h5-18H,4,19-20H2,1-3H3,(H,35,38)/b30-18+. The van der Waals surface area contributed by atoms with Crippen LogP contribution in [0.2, 0.25) is 5.02 Å². The van der Waals surface area contributed by atoms with Gasteiger partial charge in [0.15, 0.2) is 0 Å². The maximum absolute atomic E-state index is 13.1. The second-order valence-corrected chi connectivity index (χ2v) is 11.3. The molecule has 0 spiro atoms. The molecular formula is C33H30ClN3O5S. The predicted molar refractivity (Wildman–Crippen MR) is 170 cm³/mol. The van der Waals surface area contributed by atoms with Crippen molar-refractivity contribution in [1.82, 2.24) is 9.47 Å². The summed E-state index contributed by atoms with van der Waals surface area (Å²) in [6.07, 6.45) is 1.71. The maximum Gasteiger partial charge on any atom is 0.294 e. The van der Waals surface area contributed by atoms with Crippen molar-refractivity contribution in [1.29, 1.82) is 0 Å². The minimum Gasteiger partial charge on any atom is -0.494 e. The lowest BCUT2D eigenvalue weighted by Crippen LogP contribution is -2.36. The number of thioether (sulfide) groups is 1. The van der Waals surface area contributed by atoms with Gasteiger partial charge in [-0.05, 0) is 116 Å². The van der Waals surface area contributed by atoms with Crippen LogP contribution in [-0.2, 0) is 16.2 Å². The summed E-state index contributed by atoms with van der Waals surface area (Å²) in [4.78, 5) is 39.6. The van der Waals surface area contributed by atoms with Crippen molar-refractivity contribution in [3.63, 3.8) is 0 Å². The fourth-order valence-corrected chi connectivity index (χ4v) is 5.65. The molecule has 8 nitrogen and oxygen atoms in total. The van der Waals surface area contributed by atoms with E-state index in [1.54, 1.807) is 30.3 Å². The predicted octanol–water partition coefficient (Wildman–Crippen LogP) is 7.40. The molecule has 0 bridgehead atoms. The van der Waals surface area contributed by atoms with Crippen molar-refractivity contribution >= 4 is 52.2 Å². The van der Waals surface area contributed by atoms with Crippen LogP contribution in [0.25, 0.3) is 11.8 Å². The van der Waals surface area contributed by atoms with Gasteiger partial charge in [-0.1, -0.05) is 23.7 Å². The Balaban J connectivity index is 1.24. The number of carbonyl (C=O) groups excluding carboxylic acids is 3. The number of halogens is 1. The van der Waals surface area contributed by atoms with Crippen LogP contribution in [0.4, 0.5) is 10.5 Å². The van der Waals surface area contributed by atoms with E-state index in [-0.39, 0.29) is 11.4 Å². The molecule has 43 heavy (non-hydrogen) atoms. The molecule has 0 atom stereocenters. The van der Waals surface area contributed by atoms with Gasteiger partial charge in [0, 0.05) is 27.8 Å². The SMILES string of the molecule is CCOc1ccc(NC(=O)CN2C(=O)S/C(=C/c3cc(C)n(-c4ccc(OCc5ccc(Cl)cc5)cc4)c3C)C2=O)cc1. The Bertz CT molecular complexity index is 1680. The molecule has 1 fully saturated rings. The van der Waals surface area contributed by atoms with Gasteiger partial charge in [-0.25, -0.2) is 0 Å². The second-order valence-electron chi connectivity index (χ2n) is 9.84. The van der Waals surface area contributed by atoms with Gasteiger partial charge in [0.2, 0.25) is 5.91 Å². The number of anilines is 1. The van der Waals surface area contributed by atoms with Gasteiger partial charge in [-0.3, -0.25) is 19.3 Å². The van der Waals surface area contributed by atoms with Crippen LogP contribution in [0.3, 0.4) is 0 Å². The summed E-state index contributed by atoms with van der Waals surface area (Å²) in [7, 11) is 0. The Morgan fingerprint density at radius 3 is 2.26 bits per heavy atom. The third kappa shape index (κ3) is 7.13. The van der Waals surface area contributed by atoms with Crippen molar-refractivity contribution in [3.8, 4) is 17.2 Å². The summed E-state index contributed by atoms with van der Waals surface area (Å²) in [5.74, 6) is 0.462. The van der Waals surface area contributed by atoms with E-state index in [1.807, 2.05) is 75.4 Å². The molecule has 10 heteroatoms. The number of hydrogen-bond acceptors (Lipinski definition) is 6. The molecule has 3 aromatic carbocycles. The highest BCUT2D eigenvalue weighted by Crippen LogP contribution is 2.34. The number of amides is 3. The summed E-state index contributed by atoms with van der Waals surface area (Å²) < 4.78 is 13.4. The Hall–Kier alpha value is -4.47. The third-order valence-electron chi connectivity index (χ3n) is 6.79. The number of rotatable bonds is 10. The first-order valence-electron chi connectivity index (χ1n) is 13.7. The Morgan fingerprint density at radius 1 is 0.930 bits per heavy atom. The minimum absolute atomic E-state index is 0.269. The number of imide groups is 1. The highest BCUT2D eigenvalue weighted by Gasteiger charge is 2.36. The average molecular weight is 616 g/mol. The van der Waals surface area contributed by atoms with Gasteiger partial charge in [0.25, 0.3) is 11.1 Å². The van der Waals surface area contributed by atoms with E-state index >= 15 is 0 Å². The first-order valence-corrected chi connectivity index (χ1v) is 14.9. The van der Waals surface area contributed by atoms with E-state index in [4.69, 9.17) is 21.1 Å². The minimum atomic E-state index is -0.496. The molecule has 0 unspecified atom stereocenters. The van der Waals surface area contributed by atoms with E-state index < -0.39 is 17.1 Å². The summed E-state index contributed by atoms with van der Waals surface area (Å²) in [6, 6.07) is 24.1. The Labute approximate surface area is 259 Å². The van der Waals surface area contributed by atoms with Gasteiger partial charge >= 0.3 is 0 Å². The molecule has 1 saturated heterocycles. The molecule has 4 aromatic rings. The molecule has 3 amide bonds. The lowest BCUT2D eigenvalue weighted by atomic mass is 10.2. The maximum atomic E-state index is 13.1. The van der Waals surface area contributed by atoms with Crippen molar-refractivity contribution in [2.45, 2.75) is 27.4 Å². The largest absolute Gasteiger partial charge is 0.494 e. The van der Waals surface area contributed by atoms with E-state index in [0.29, 0.717) is 29.7 Å². The van der Waals surface area contributed by atoms with Crippen molar-refractivity contribution in [3.05, 3.63) is 111 Å². The number of benzene rings is 3. The van der Waals surface area contributed by atoms with Gasteiger partial charge in [0.05, 0.1) is 11.5 Å². The highest BCUT2D eigenvalue weighted by molar-refractivity contribution is 8.18. The third-order valence-corrected chi connectivity index (χ3v) is 7.95. The summed E-state index contributed by atoms with van der Waals surface area (Å²) >= 11 is 6.78. The molecule has 0 saturated carbocycles. The van der Waals surface area contributed by atoms with Crippen LogP contribution in [-0.4, -0.2) is 39.7 Å². The summed E-state index contributed by atoms with van der Waals surface area (Å²) in [5.41, 5.74) is 5.19. The quantitative estimate of drug-likeness (QED) is 0.187. The van der Waals surface area contributed by atoms with Gasteiger partial charge in [0.1, 0.15) is 24.7 Å². The zero-order valence-corrected chi connectivity index (χ0v) is 25.5. The topological polar surface area (TPSA) is 89.9 Å². The molecule has 5 rings (SSSR count). The van der Waals surface area contributed by atoms with Gasteiger partial charge in [-0.15, -0.1) is 0 Å². The number of carbonyl (C=O) groups is 3. The summed E-state index contributed by atoms with van der Waals surface area (Å²) in [5, 5.41) is 2.92.